The SMILES string of the molecule is O=C(Nc1nnc(-c2ccc(F)cc2F)o1)C1CCN(S(=O)(=O)c2ccc(Cl)cc2)CC1. The van der Waals surface area contributed by atoms with Gasteiger partial charge in [-0.15, -0.1) is 5.10 Å². The zero-order chi connectivity index (χ0) is 22.9. The van der Waals surface area contributed by atoms with Gasteiger partial charge in [0.05, 0.1) is 10.5 Å². The molecule has 32 heavy (non-hydrogen) atoms. The van der Waals surface area contributed by atoms with Crippen molar-refractivity contribution in [3.63, 3.8) is 0 Å². The maximum Gasteiger partial charge on any atom is 0.322 e. The number of sulfonamides is 1. The van der Waals surface area contributed by atoms with Gasteiger partial charge in [0.25, 0.3) is 5.89 Å². The number of carbonyl (C=O) groups is 1. The first-order valence-electron chi connectivity index (χ1n) is 9.59. The number of anilines is 1. The molecule has 3 aromatic rings. The monoisotopic (exact) mass is 482 g/mol. The van der Waals surface area contributed by atoms with Crippen molar-refractivity contribution < 1.29 is 26.4 Å². The summed E-state index contributed by atoms with van der Waals surface area (Å²) in [5, 5.41) is 10.2. The molecule has 0 aliphatic carbocycles. The maximum absolute atomic E-state index is 13.9. The van der Waals surface area contributed by atoms with Crippen molar-refractivity contribution in [1.82, 2.24) is 14.5 Å². The predicted octanol–water partition coefficient (Wildman–Crippen LogP) is 3.71. The maximum atomic E-state index is 13.9. The minimum absolute atomic E-state index is 0.0971. The number of carbonyl (C=O) groups excluding carboxylic acids is 1. The Balaban J connectivity index is 1.37. The summed E-state index contributed by atoms with van der Waals surface area (Å²) >= 11 is 5.81. The molecular weight excluding hydrogens is 466 g/mol. The first-order chi connectivity index (χ1) is 15.2. The van der Waals surface area contributed by atoms with Crippen molar-refractivity contribution in [3.8, 4) is 11.5 Å². The van der Waals surface area contributed by atoms with E-state index in [1.165, 1.54) is 28.6 Å². The molecule has 1 aliphatic heterocycles. The van der Waals surface area contributed by atoms with Crippen LogP contribution in [0.1, 0.15) is 12.8 Å². The standard InChI is InChI=1S/C20H17ClF2N4O4S/c21-13-1-4-15(5-2-13)32(29,30)27-9-7-12(8-10-27)18(28)24-20-26-25-19(31-20)16-6-3-14(22)11-17(16)23/h1-6,11-12H,7-10H2,(H,24,26,28). The number of halogens is 3. The number of nitrogens with one attached hydrogen (secondary N) is 1. The van der Waals surface area contributed by atoms with Crippen molar-refractivity contribution in [3.05, 3.63) is 59.1 Å². The second-order valence-corrected chi connectivity index (χ2v) is 9.53. The molecule has 0 saturated carbocycles. The zero-order valence-electron chi connectivity index (χ0n) is 16.5. The third-order valence-corrected chi connectivity index (χ3v) is 7.26. The minimum Gasteiger partial charge on any atom is -0.403 e. The Morgan fingerprint density at radius 3 is 2.44 bits per heavy atom. The highest BCUT2D eigenvalue weighted by atomic mass is 35.5. The molecule has 2 aromatic carbocycles. The normalized spacial score (nSPS) is 15.6. The minimum atomic E-state index is -3.68. The number of amides is 1. The molecule has 1 aromatic heterocycles. The van der Waals surface area contributed by atoms with E-state index < -0.39 is 33.5 Å². The number of aromatic nitrogens is 2. The lowest BCUT2D eigenvalue weighted by molar-refractivity contribution is -0.121. The third kappa shape index (κ3) is 4.64. The summed E-state index contributed by atoms with van der Waals surface area (Å²) in [6.45, 7) is 0.331. The molecule has 0 spiro atoms. The first-order valence-corrected chi connectivity index (χ1v) is 11.4. The Morgan fingerprint density at radius 1 is 1.09 bits per heavy atom. The Labute approximate surface area is 187 Å². The molecule has 1 saturated heterocycles. The smallest absolute Gasteiger partial charge is 0.322 e. The lowest BCUT2D eigenvalue weighted by Gasteiger charge is -2.30. The van der Waals surface area contributed by atoms with Gasteiger partial charge in [-0.2, -0.15) is 4.31 Å². The van der Waals surface area contributed by atoms with E-state index in [-0.39, 0.29) is 35.5 Å². The van der Waals surface area contributed by atoms with Crippen molar-refractivity contribution in [1.29, 1.82) is 0 Å². The van der Waals surface area contributed by atoms with E-state index in [0.717, 1.165) is 12.1 Å². The molecule has 0 unspecified atom stereocenters. The number of hydrogen-bond acceptors (Lipinski definition) is 6. The van der Waals surface area contributed by atoms with Gasteiger partial charge in [-0.25, -0.2) is 17.2 Å². The average Bonchev–Trinajstić information content (AvgIpc) is 3.22. The second-order valence-electron chi connectivity index (χ2n) is 7.16. The van der Waals surface area contributed by atoms with Gasteiger partial charge in [0.1, 0.15) is 11.6 Å². The Bertz CT molecular complexity index is 1240. The average molecular weight is 483 g/mol. The molecule has 1 N–H and O–H groups in total. The lowest BCUT2D eigenvalue weighted by atomic mass is 9.97. The van der Waals surface area contributed by atoms with E-state index in [9.17, 15) is 22.0 Å². The van der Waals surface area contributed by atoms with E-state index in [4.69, 9.17) is 16.0 Å². The van der Waals surface area contributed by atoms with Gasteiger partial charge in [-0.05, 0) is 49.2 Å². The summed E-state index contributed by atoms with van der Waals surface area (Å²) in [6.07, 6.45) is 0.596. The van der Waals surface area contributed by atoms with Crippen LogP contribution in [0.4, 0.5) is 14.8 Å². The van der Waals surface area contributed by atoms with Crippen LogP contribution in [0.2, 0.25) is 5.02 Å². The van der Waals surface area contributed by atoms with E-state index in [2.05, 4.69) is 15.5 Å². The van der Waals surface area contributed by atoms with Crippen LogP contribution in [0.5, 0.6) is 0 Å². The van der Waals surface area contributed by atoms with Crippen molar-refractivity contribution >= 4 is 33.5 Å². The summed E-state index contributed by atoms with van der Waals surface area (Å²) < 4.78 is 59.0. The zero-order valence-corrected chi connectivity index (χ0v) is 18.0. The quantitative estimate of drug-likeness (QED) is 0.594. The Morgan fingerprint density at radius 2 is 1.78 bits per heavy atom. The molecule has 0 atom stereocenters. The highest BCUT2D eigenvalue weighted by Gasteiger charge is 2.32. The molecule has 4 rings (SSSR count). The van der Waals surface area contributed by atoms with Crippen molar-refractivity contribution in [2.75, 3.05) is 18.4 Å². The molecule has 1 aliphatic rings. The van der Waals surface area contributed by atoms with Gasteiger partial charge in [-0.3, -0.25) is 10.1 Å². The Hall–Kier alpha value is -2.89. The van der Waals surface area contributed by atoms with E-state index in [1.807, 2.05) is 0 Å². The topological polar surface area (TPSA) is 105 Å². The lowest BCUT2D eigenvalue weighted by Crippen LogP contribution is -2.41. The molecule has 12 heteroatoms. The fourth-order valence-electron chi connectivity index (χ4n) is 3.37. The summed E-state index contributed by atoms with van der Waals surface area (Å²) in [6, 6.07) is 8.54. The fraction of sp³-hybridized carbons (Fsp3) is 0.250. The molecule has 2 heterocycles. The third-order valence-electron chi connectivity index (χ3n) is 5.09. The number of rotatable bonds is 5. The predicted molar refractivity (Wildman–Crippen MR) is 111 cm³/mol. The van der Waals surface area contributed by atoms with Crippen LogP contribution in [0.25, 0.3) is 11.5 Å². The van der Waals surface area contributed by atoms with Crippen LogP contribution in [-0.2, 0) is 14.8 Å². The number of benzene rings is 2. The summed E-state index contributed by atoms with van der Waals surface area (Å²) in [7, 11) is -3.68. The number of nitrogens with zero attached hydrogens (tertiary/aromatic N) is 3. The molecule has 1 amide bonds. The van der Waals surface area contributed by atoms with Crippen molar-refractivity contribution in [2.24, 2.45) is 5.92 Å². The molecule has 0 bridgehead atoms. The van der Waals surface area contributed by atoms with Crippen LogP contribution in [-0.4, -0.2) is 41.9 Å². The highest BCUT2D eigenvalue weighted by molar-refractivity contribution is 7.89. The molecule has 168 valence electrons. The summed E-state index contributed by atoms with van der Waals surface area (Å²) in [5.41, 5.74) is -0.0971. The van der Waals surface area contributed by atoms with Gasteiger partial charge in [0.2, 0.25) is 15.9 Å². The fourth-order valence-corrected chi connectivity index (χ4v) is 4.96. The van der Waals surface area contributed by atoms with Gasteiger partial charge in [0.15, 0.2) is 0 Å². The highest BCUT2D eigenvalue weighted by Crippen LogP contribution is 2.27. The molecular formula is C20H17ClF2N4O4S. The molecule has 0 radical (unpaired) electrons. The Kier molecular flexibility index (Phi) is 6.22. The summed E-state index contributed by atoms with van der Waals surface area (Å²) in [4.78, 5) is 12.7. The van der Waals surface area contributed by atoms with Crippen LogP contribution in [0.15, 0.2) is 51.8 Å². The number of hydrogen-bond donors (Lipinski definition) is 1. The van der Waals surface area contributed by atoms with Gasteiger partial charge in [-0.1, -0.05) is 16.7 Å². The summed E-state index contributed by atoms with van der Waals surface area (Å²) in [5.74, 6) is -2.71. The van der Waals surface area contributed by atoms with E-state index in [0.29, 0.717) is 23.9 Å². The second kappa shape index (κ2) is 8.93. The molecule has 1 fully saturated rings. The molecule has 8 nitrogen and oxygen atoms in total. The van der Waals surface area contributed by atoms with Crippen LogP contribution >= 0.6 is 11.6 Å². The van der Waals surface area contributed by atoms with Crippen molar-refractivity contribution in [2.45, 2.75) is 17.7 Å². The van der Waals surface area contributed by atoms with Gasteiger partial charge >= 0.3 is 6.01 Å². The van der Waals surface area contributed by atoms with E-state index >= 15 is 0 Å². The van der Waals surface area contributed by atoms with Gasteiger partial charge < -0.3 is 4.42 Å². The van der Waals surface area contributed by atoms with Crippen LogP contribution < -0.4 is 5.32 Å². The first kappa shape index (κ1) is 22.3. The number of piperidine rings is 1. The van der Waals surface area contributed by atoms with Crippen LogP contribution in [0, 0.1) is 17.6 Å². The van der Waals surface area contributed by atoms with E-state index in [1.54, 1.807) is 0 Å². The van der Waals surface area contributed by atoms with Gasteiger partial charge in [0, 0.05) is 30.1 Å². The largest absolute Gasteiger partial charge is 0.403 e. The van der Waals surface area contributed by atoms with Crippen LogP contribution in [0.3, 0.4) is 0 Å².